The second-order valence-corrected chi connectivity index (χ2v) is 5.79. The van der Waals surface area contributed by atoms with Crippen LogP contribution in [0.15, 0.2) is 0 Å². The highest BCUT2D eigenvalue weighted by Gasteiger charge is 2.26. The molecule has 1 N–H and O–H groups in total. The molecule has 100 valence electrons. The molecule has 2 aliphatic rings. The molecule has 0 bridgehead atoms. The van der Waals surface area contributed by atoms with Crippen molar-refractivity contribution in [3.8, 4) is 0 Å². The summed E-state index contributed by atoms with van der Waals surface area (Å²) in [6.45, 7) is 3.12. The monoisotopic (exact) mass is 249 g/mol. The lowest BCUT2D eigenvalue weighted by atomic mass is 9.84. The third kappa shape index (κ3) is 2.71. The highest BCUT2D eigenvalue weighted by molar-refractivity contribution is 4.90. The predicted octanol–water partition coefficient (Wildman–Crippen LogP) is 2.07. The first-order valence-electron chi connectivity index (χ1n) is 7.37. The molecule has 18 heavy (non-hydrogen) atoms. The van der Waals surface area contributed by atoms with E-state index in [1.54, 1.807) is 0 Å². The van der Waals surface area contributed by atoms with Crippen LogP contribution in [0.2, 0.25) is 0 Å². The molecule has 0 aromatic carbocycles. The van der Waals surface area contributed by atoms with Crippen LogP contribution in [0.5, 0.6) is 0 Å². The number of nitrogens with zero attached hydrogens (tertiary/aromatic N) is 4. The molecular weight excluding hydrogens is 226 g/mol. The minimum atomic E-state index is 0.523. The van der Waals surface area contributed by atoms with E-state index in [0.29, 0.717) is 12.1 Å². The quantitative estimate of drug-likeness (QED) is 0.868. The zero-order valence-electron chi connectivity index (χ0n) is 11.2. The standard InChI is InChI=1S/C13H23N5/c1-2-10-4-3-5-12(8-10)18-13(15-16-17-18)9-14-11-6-7-11/h10-12,14H,2-9H2,1H3. The fraction of sp³-hybridized carbons (Fsp3) is 0.923. The summed E-state index contributed by atoms with van der Waals surface area (Å²) in [5.41, 5.74) is 0. The van der Waals surface area contributed by atoms with Crippen LogP contribution < -0.4 is 5.32 Å². The minimum Gasteiger partial charge on any atom is -0.307 e. The highest BCUT2D eigenvalue weighted by Crippen LogP contribution is 2.34. The Morgan fingerprint density at radius 2 is 2.17 bits per heavy atom. The van der Waals surface area contributed by atoms with Gasteiger partial charge in [0.05, 0.1) is 12.6 Å². The molecule has 3 rings (SSSR count). The van der Waals surface area contributed by atoms with Crippen LogP contribution in [0.3, 0.4) is 0 Å². The predicted molar refractivity (Wildman–Crippen MR) is 69.0 cm³/mol. The fourth-order valence-electron chi connectivity index (χ4n) is 2.99. The van der Waals surface area contributed by atoms with Crippen LogP contribution in [0.1, 0.15) is 63.7 Å². The largest absolute Gasteiger partial charge is 0.307 e. The Kier molecular flexibility index (Phi) is 3.59. The van der Waals surface area contributed by atoms with E-state index in [9.17, 15) is 0 Å². The molecule has 0 saturated heterocycles. The molecule has 1 aromatic rings. The zero-order valence-corrected chi connectivity index (χ0v) is 11.2. The van der Waals surface area contributed by atoms with Gasteiger partial charge in [-0.1, -0.05) is 26.2 Å². The molecule has 2 unspecified atom stereocenters. The lowest BCUT2D eigenvalue weighted by Crippen LogP contribution is -2.25. The summed E-state index contributed by atoms with van der Waals surface area (Å²) in [5.74, 6) is 1.88. The third-order valence-electron chi connectivity index (χ3n) is 4.37. The van der Waals surface area contributed by atoms with E-state index in [1.165, 1.54) is 44.9 Å². The maximum absolute atomic E-state index is 4.22. The van der Waals surface area contributed by atoms with Crippen molar-refractivity contribution in [3.05, 3.63) is 5.82 Å². The lowest BCUT2D eigenvalue weighted by Gasteiger charge is -2.28. The van der Waals surface area contributed by atoms with Gasteiger partial charge in [0, 0.05) is 6.04 Å². The van der Waals surface area contributed by atoms with Crippen molar-refractivity contribution in [2.24, 2.45) is 5.92 Å². The molecule has 0 radical (unpaired) electrons. The SMILES string of the molecule is CCC1CCCC(n2nnnc2CNC2CC2)C1. The van der Waals surface area contributed by atoms with E-state index in [0.717, 1.165) is 18.3 Å². The number of hydrogen-bond donors (Lipinski definition) is 1. The van der Waals surface area contributed by atoms with Gasteiger partial charge in [0.1, 0.15) is 0 Å². The van der Waals surface area contributed by atoms with E-state index in [4.69, 9.17) is 0 Å². The van der Waals surface area contributed by atoms with E-state index in [2.05, 4.69) is 32.4 Å². The molecule has 2 fully saturated rings. The Hall–Kier alpha value is -0.970. The van der Waals surface area contributed by atoms with Gasteiger partial charge in [-0.25, -0.2) is 4.68 Å². The van der Waals surface area contributed by atoms with Crippen LogP contribution in [0.25, 0.3) is 0 Å². The summed E-state index contributed by atoms with van der Waals surface area (Å²) in [5, 5.41) is 15.8. The van der Waals surface area contributed by atoms with Gasteiger partial charge in [-0.15, -0.1) is 5.10 Å². The van der Waals surface area contributed by atoms with Gasteiger partial charge >= 0.3 is 0 Å². The molecule has 2 aliphatic carbocycles. The molecular formula is C13H23N5. The van der Waals surface area contributed by atoms with Crippen molar-refractivity contribution >= 4 is 0 Å². The van der Waals surface area contributed by atoms with Gasteiger partial charge in [-0.2, -0.15) is 0 Å². The van der Waals surface area contributed by atoms with Crippen molar-refractivity contribution in [1.82, 2.24) is 25.5 Å². The lowest BCUT2D eigenvalue weighted by molar-refractivity contribution is 0.240. The Balaban J connectivity index is 1.64. The normalized spacial score (nSPS) is 28.5. The van der Waals surface area contributed by atoms with Gasteiger partial charge < -0.3 is 5.32 Å². The van der Waals surface area contributed by atoms with Crippen LogP contribution in [-0.4, -0.2) is 26.2 Å². The van der Waals surface area contributed by atoms with Gasteiger partial charge in [-0.3, -0.25) is 0 Å². The first-order valence-corrected chi connectivity index (χ1v) is 7.37. The van der Waals surface area contributed by atoms with Crippen molar-refractivity contribution < 1.29 is 0 Å². The summed E-state index contributed by atoms with van der Waals surface area (Å²) in [4.78, 5) is 0. The summed E-state index contributed by atoms with van der Waals surface area (Å²) in [6.07, 6.45) is 9.08. The van der Waals surface area contributed by atoms with E-state index in [1.807, 2.05) is 0 Å². The molecule has 2 atom stereocenters. The zero-order chi connectivity index (χ0) is 12.4. The molecule has 0 amide bonds. The van der Waals surface area contributed by atoms with Gasteiger partial charge in [-0.05, 0) is 42.0 Å². The van der Waals surface area contributed by atoms with Crippen molar-refractivity contribution in [2.45, 2.75) is 70.5 Å². The second-order valence-electron chi connectivity index (χ2n) is 5.79. The van der Waals surface area contributed by atoms with Crippen LogP contribution in [0, 0.1) is 5.92 Å². The fourth-order valence-corrected chi connectivity index (χ4v) is 2.99. The average Bonchev–Trinajstić information content (AvgIpc) is 3.13. The van der Waals surface area contributed by atoms with Gasteiger partial charge in [0.2, 0.25) is 0 Å². The van der Waals surface area contributed by atoms with Crippen molar-refractivity contribution in [2.75, 3.05) is 0 Å². The smallest absolute Gasteiger partial charge is 0.165 e. The Bertz CT molecular complexity index is 384. The number of tetrazole rings is 1. The summed E-state index contributed by atoms with van der Waals surface area (Å²) in [6, 6.07) is 1.24. The first kappa shape index (κ1) is 12.1. The van der Waals surface area contributed by atoms with E-state index >= 15 is 0 Å². The number of aromatic nitrogens is 4. The molecule has 0 spiro atoms. The molecule has 2 saturated carbocycles. The van der Waals surface area contributed by atoms with Crippen molar-refractivity contribution in [1.29, 1.82) is 0 Å². The van der Waals surface area contributed by atoms with E-state index in [-0.39, 0.29) is 0 Å². The molecule has 5 heteroatoms. The van der Waals surface area contributed by atoms with Crippen LogP contribution >= 0.6 is 0 Å². The maximum atomic E-state index is 4.22. The molecule has 1 heterocycles. The summed E-state index contributed by atoms with van der Waals surface area (Å²) in [7, 11) is 0. The number of hydrogen-bond acceptors (Lipinski definition) is 4. The van der Waals surface area contributed by atoms with Crippen molar-refractivity contribution in [3.63, 3.8) is 0 Å². The summed E-state index contributed by atoms with van der Waals surface area (Å²) >= 11 is 0. The topological polar surface area (TPSA) is 55.6 Å². The molecule has 5 nitrogen and oxygen atoms in total. The highest BCUT2D eigenvalue weighted by atomic mass is 15.6. The Labute approximate surface area is 108 Å². The Morgan fingerprint density at radius 3 is 2.94 bits per heavy atom. The first-order chi connectivity index (χ1) is 8.86. The molecule has 0 aliphatic heterocycles. The average molecular weight is 249 g/mol. The van der Waals surface area contributed by atoms with Gasteiger partial charge in [0.25, 0.3) is 0 Å². The number of rotatable bonds is 5. The Morgan fingerprint density at radius 1 is 1.28 bits per heavy atom. The second kappa shape index (κ2) is 5.34. The maximum Gasteiger partial charge on any atom is 0.165 e. The third-order valence-corrected chi connectivity index (χ3v) is 4.37. The summed E-state index contributed by atoms with van der Waals surface area (Å²) < 4.78 is 2.08. The number of nitrogens with one attached hydrogen (secondary N) is 1. The van der Waals surface area contributed by atoms with Crippen LogP contribution in [0.4, 0.5) is 0 Å². The van der Waals surface area contributed by atoms with E-state index < -0.39 is 0 Å². The molecule has 1 aromatic heterocycles. The van der Waals surface area contributed by atoms with Gasteiger partial charge in [0.15, 0.2) is 5.82 Å². The minimum absolute atomic E-state index is 0.523. The van der Waals surface area contributed by atoms with Crippen LogP contribution in [-0.2, 0) is 6.54 Å².